The number of allylic oxidation sites excluding steroid dienone is 17. The molecule has 0 spiro atoms. The van der Waals surface area contributed by atoms with Crippen LogP contribution < -0.4 is 10.2 Å². The quantitative estimate of drug-likeness (QED) is 0.0272. The highest BCUT2D eigenvalue weighted by atomic mass is 31.2. The minimum atomic E-state index is -4.62. The maximum Gasteiger partial charge on any atom is 0.268 e. The third-order valence-corrected chi connectivity index (χ3v) is 14.9. The molecule has 78 heavy (non-hydrogen) atoms. The first-order valence-corrected chi connectivity index (χ1v) is 33.7. The highest BCUT2D eigenvalue weighted by molar-refractivity contribution is 7.45. The Balaban J connectivity index is 4.19. The molecule has 0 fully saturated rings. The predicted octanol–water partition coefficient (Wildman–Crippen LogP) is 19.7. The number of aliphatic hydroxyl groups excluding tert-OH is 1. The van der Waals surface area contributed by atoms with Crippen molar-refractivity contribution in [3.8, 4) is 0 Å². The van der Waals surface area contributed by atoms with Crippen LogP contribution in [-0.4, -0.2) is 68.5 Å². The molecule has 0 aliphatic heterocycles. The van der Waals surface area contributed by atoms with Crippen LogP contribution in [0.15, 0.2) is 109 Å². The second kappa shape index (κ2) is 58.8. The standard InChI is InChI=1S/C69H123N2O6P/c1-6-8-10-12-14-16-18-20-22-24-26-28-30-31-32-33-34-35-36-37-38-39-41-43-45-47-49-51-53-55-57-59-61-63-69(73)70-67(66-77-78(74,75)76-65-64-71(3,4)5)68(72)62-60-58-56-54-52-50-48-46-44-42-40-29-27-25-23-21-19-17-15-13-11-9-7-2/h8,10,14,16,20,22,26,28,31-32,34-35,44,46,52,54,60,62,67-68,72H,6-7,9,11-13,15,17-19,21,23-25,27,29-30,33,36-43,45,47-51,53,55-59,61,63-66H2,1-5H3,(H-,70,73,74,75)/b10-8-,16-14-,22-20-,28-26-,32-31-,35-34-,46-44+,54-52+,62-60+. The van der Waals surface area contributed by atoms with Crippen LogP contribution in [-0.2, 0) is 18.4 Å². The summed E-state index contributed by atoms with van der Waals surface area (Å²) in [6.07, 6.45) is 86.2. The number of nitrogens with zero attached hydrogens (tertiary/aromatic N) is 1. The topological polar surface area (TPSA) is 108 Å². The van der Waals surface area contributed by atoms with Gasteiger partial charge in [-0.2, -0.15) is 0 Å². The van der Waals surface area contributed by atoms with Crippen molar-refractivity contribution >= 4 is 13.7 Å². The molecule has 8 nitrogen and oxygen atoms in total. The summed E-state index contributed by atoms with van der Waals surface area (Å²) in [5.41, 5.74) is 0. The molecular weight excluding hydrogens is 984 g/mol. The van der Waals surface area contributed by atoms with Gasteiger partial charge in [0, 0.05) is 6.42 Å². The SMILES string of the molecule is CC/C=C\C/C=C\C/C=C\C/C=C\C/C=C\C/C=C\CCCCCCCCCCCCCCCCC(=O)NC(COP(=O)([O-])OCC[N+](C)(C)C)C(O)/C=C/CC/C=C/CC/C=C/CCCCCCCCCCCCCCC. The number of phosphoric ester groups is 1. The number of nitrogens with one attached hydrogen (secondary N) is 1. The summed E-state index contributed by atoms with van der Waals surface area (Å²) < 4.78 is 23.4. The zero-order valence-electron chi connectivity index (χ0n) is 51.3. The normalized spacial score (nSPS) is 14.5. The van der Waals surface area contributed by atoms with Gasteiger partial charge in [0.2, 0.25) is 5.91 Å². The summed E-state index contributed by atoms with van der Waals surface area (Å²) in [5.74, 6) is -0.214. The van der Waals surface area contributed by atoms with Crippen molar-refractivity contribution < 1.29 is 32.9 Å². The molecular formula is C69H123N2O6P. The predicted molar refractivity (Wildman–Crippen MR) is 339 cm³/mol. The number of hydrogen-bond donors (Lipinski definition) is 2. The number of rotatable bonds is 58. The van der Waals surface area contributed by atoms with E-state index in [0.717, 1.165) is 83.5 Å². The molecule has 0 radical (unpaired) electrons. The Bertz CT molecular complexity index is 1640. The van der Waals surface area contributed by atoms with Crippen molar-refractivity contribution in [1.29, 1.82) is 0 Å². The van der Waals surface area contributed by atoms with Gasteiger partial charge in [-0.1, -0.05) is 277 Å². The second-order valence-electron chi connectivity index (χ2n) is 22.7. The largest absolute Gasteiger partial charge is 0.756 e. The van der Waals surface area contributed by atoms with E-state index in [0.29, 0.717) is 17.4 Å². The molecule has 0 saturated carbocycles. The molecule has 3 atom stereocenters. The number of amides is 1. The Morgan fingerprint density at radius 1 is 0.462 bits per heavy atom. The van der Waals surface area contributed by atoms with Gasteiger partial charge in [0.25, 0.3) is 7.82 Å². The van der Waals surface area contributed by atoms with Crippen LogP contribution in [0.1, 0.15) is 271 Å². The number of unbranched alkanes of at least 4 members (excludes halogenated alkanes) is 29. The summed E-state index contributed by atoms with van der Waals surface area (Å²) >= 11 is 0. The monoisotopic (exact) mass is 1110 g/mol. The van der Waals surface area contributed by atoms with Gasteiger partial charge in [-0.3, -0.25) is 9.36 Å². The van der Waals surface area contributed by atoms with Crippen LogP contribution in [0.3, 0.4) is 0 Å². The van der Waals surface area contributed by atoms with Crippen LogP contribution in [0.4, 0.5) is 0 Å². The summed E-state index contributed by atoms with van der Waals surface area (Å²) in [6.45, 7) is 4.52. The lowest BCUT2D eigenvalue weighted by Gasteiger charge is -2.29. The molecule has 0 rings (SSSR count). The van der Waals surface area contributed by atoms with E-state index in [4.69, 9.17) is 9.05 Å². The van der Waals surface area contributed by atoms with Crippen molar-refractivity contribution in [3.63, 3.8) is 0 Å². The Kier molecular flexibility index (Phi) is 56.7. The van der Waals surface area contributed by atoms with Gasteiger partial charge in [-0.15, -0.1) is 0 Å². The minimum absolute atomic E-state index is 0.0131. The fourth-order valence-corrected chi connectivity index (χ4v) is 9.68. The van der Waals surface area contributed by atoms with Crippen molar-refractivity contribution in [2.24, 2.45) is 0 Å². The zero-order chi connectivity index (χ0) is 57.0. The lowest BCUT2D eigenvalue weighted by Crippen LogP contribution is -2.45. The van der Waals surface area contributed by atoms with E-state index in [1.165, 1.54) is 167 Å². The van der Waals surface area contributed by atoms with Crippen LogP contribution in [0.25, 0.3) is 0 Å². The highest BCUT2D eigenvalue weighted by Crippen LogP contribution is 2.38. The maximum absolute atomic E-state index is 13.0. The fraction of sp³-hybridized carbons (Fsp3) is 0.725. The number of aliphatic hydroxyl groups is 1. The first-order chi connectivity index (χ1) is 38.0. The average molecular weight is 1110 g/mol. The molecule has 0 aromatic heterocycles. The third kappa shape index (κ3) is 60.8. The van der Waals surface area contributed by atoms with E-state index in [-0.39, 0.29) is 12.5 Å². The van der Waals surface area contributed by atoms with E-state index in [9.17, 15) is 19.4 Å². The van der Waals surface area contributed by atoms with E-state index in [1.54, 1.807) is 6.08 Å². The summed E-state index contributed by atoms with van der Waals surface area (Å²) in [5, 5.41) is 13.9. The van der Waals surface area contributed by atoms with Gasteiger partial charge in [-0.25, -0.2) is 0 Å². The molecule has 3 unspecified atom stereocenters. The minimum Gasteiger partial charge on any atom is -0.756 e. The lowest BCUT2D eigenvalue weighted by atomic mass is 10.0. The van der Waals surface area contributed by atoms with Gasteiger partial charge < -0.3 is 28.8 Å². The van der Waals surface area contributed by atoms with Crippen molar-refractivity contribution in [3.05, 3.63) is 109 Å². The van der Waals surface area contributed by atoms with Gasteiger partial charge in [0.15, 0.2) is 0 Å². The first-order valence-electron chi connectivity index (χ1n) is 32.2. The first kappa shape index (κ1) is 75.2. The van der Waals surface area contributed by atoms with Crippen LogP contribution in [0, 0.1) is 0 Å². The fourth-order valence-electron chi connectivity index (χ4n) is 8.95. The smallest absolute Gasteiger partial charge is 0.268 e. The maximum atomic E-state index is 13.0. The molecule has 0 aliphatic rings. The van der Waals surface area contributed by atoms with E-state index < -0.39 is 26.6 Å². The Hall–Kier alpha value is -2.84. The number of quaternary nitrogens is 1. The van der Waals surface area contributed by atoms with Gasteiger partial charge in [0.05, 0.1) is 39.9 Å². The average Bonchev–Trinajstić information content (AvgIpc) is 3.41. The number of phosphoric acid groups is 1. The number of likely N-dealkylation sites (N-methyl/N-ethyl adjacent to an activating group) is 1. The number of hydrogen-bond acceptors (Lipinski definition) is 6. The molecule has 2 N–H and O–H groups in total. The Labute approximate surface area is 482 Å². The van der Waals surface area contributed by atoms with Crippen LogP contribution in [0.5, 0.6) is 0 Å². The van der Waals surface area contributed by atoms with Crippen molar-refractivity contribution in [1.82, 2.24) is 5.32 Å². The van der Waals surface area contributed by atoms with Gasteiger partial charge in [-0.05, 0) is 96.3 Å². The highest BCUT2D eigenvalue weighted by Gasteiger charge is 2.23. The molecule has 0 heterocycles. The zero-order valence-corrected chi connectivity index (χ0v) is 52.2. The van der Waals surface area contributed by atoms with E-state index in [1.807, 2.05) is 27.2 Å². The molecule has 450 valence electrons. The van der Waals surface area contributed by atoms with Crippen LogP contribution in [0.2, 0.25) is 0 Å². The molecule has 0 saturated heterocycles. The molecule has 0 aliphatic carbocycles. The summed E-state index contributed by atoms with van der Waals surface area (Å²) in [7, 11) is 1.23. The van der Waals surface area contributed by atoms with Crippen LogP contribution >= 0.6 is 7.82 Å². The lowest BCUT2D eigenvalue weighted by molar-refractivity contribution is -0.870. The number of carbonyl (C=O) groups is 1. The molecule has 0 aromatic carbocycles. The second-order valence-corrected chi connectivity index (χ2v) is 24.1. The molecule has 1 amide bonds. The van der Waals surface area contributed by atoms with Gasteiger partial charge >= 0.3 is 0 Å². The Morgan fingerprint density at radius 2 is 0.795 bits per heavy atom. The summed E-state index contributed by atoms with van der Waals surface area (Å²) in [6, 6.07) is -0.918. The number of carbonyl (C=O) groups excluding carboxylic acids is 1. The molecule has 0 aromatic rings. The van der Waals surface area contributed by atoms with Crippen molar-refractivity contribution in [2.75, 3.05) is 40.9 Å². The molecule has 0 bridgehead atoms. The van der Waals surface area contributed by atoms with Crippen molar-refractivity contribution in [2.45, 2.75) is 283 Å². The Morgan fingerprint density at radius 3 is 1.19 bits per heavy atom. The van der Waals surface area contributed by atoms with Gasteiger partial charge in [0.1, 0.15) is 13.2 Å². The third-order valence-electron chi connectivity index (χ3n) is 13.9. The summed E-state index contributed by atoms with van der Waals surface area (Å²) in [4.78, 5) is 25.6. The van der Waals surface area contributed by atoms with E-state index >= 15 is 0 Å². The van der Waals surface area contributed by atoms with E-state index in [2.05, 4.69) is 116 Å². The molecule has 9 heteroatoms.